The summed E-state index contributed by atoms with van der Waals surface area (Å²) in [6.07, 6.45) is 5.26. The molecule has 0 saturated heterocycles. The number of hydrogen-bond acceptors (Lipinski definition) is 3. The molecule has 1 amide bonds. The van der Waals surface area contributed by atoms with Gasteiger partial charge in [0, 0.05) is 6.54 Å². The second-order valence-corrected chi connectivity index (χ2v) is 7.27. The quantitative estimate of drug-likeness (QED) is 0.899. The van der Waals surface area contributed by atoms with Crippen molar-refractivity contribution < 1.29 is 9.90 Å². The summed E-state index contributed by atoms with van der Waals surface area (Å²) in [6.45, 7) is 0.392. The van der Waals surface area contributed by atoms with Crippen molar-refractivity contribution in [1.82, 2.24) is 5.32 Å². The van der Waals surface area contributed by atoms with Crippen LogP contribution in [0.25, 0.3) is 0 Å². The molecule has 0 radical (unpaired) electrons. The number of thioether (sulfide) groups is 1. The fourth-order valence-corrected chi connectivity index (χ4v) is 4.64. The molecule has 2 unspecified atom stereocenters. The van der Waals surface area contributed by atoms with Crippen LogP contribution in [0.3, 0.4) is 0 Å². The van der Waals surface area contributed by atoms with Crippen molar-refractivity contribution in [3.63, 3.8) is 0 Å². The first-order valence-electron chi connectivity index (χ1n) is 7.91. The van der Waals surface area contributed by atoms with E-state index in [1.807, 2.05) is 12.1 Å². The van der Waals surface area contributed by atoms with Crippen LogP contribution in [-0.4, -0.2) is 29.4 Å². The normalized spacial score (nSPS) is 23.6. The van der Waals surface area contributed by atoms with Crippen LogP contribution in [0.2, 0.25) is 0 Å². The lowest BCUT2D eigenvalue weighted by Crippen LogP contribution is -2.38. The number of benzene rings is 1. The Morgan fingerprint density at radius 3 is 2.90 bits per heavy atom. The van der Waals surface area contributed by atoms with Crippen molar-refractivity contribution in [3.8, 4) is 0 Å². The molecule has 0 bridgehead atoms. The van der Waals surface area contributed by atoms with Crippen LogP contribution in [0.15, 0.2) is 24.3 Å². The number of aliphatic hydroxyl groups is 1. The summed E-state index contributed by atoms with van der Waals surface area (Å²) in [5.74, 6) is 1.40. The zero-order chi connectivity index (χ0) is 14.7. The molecule has 2 aliphatic rings. The van der Waals surface area contributed by atoms with E-state index in [1.54, 1.807) is 11.8 Å². The number of carbonyl (C=O) groups excluding carboxylic acids is 1. The van der Waals surface area contributed by atoms with E-state index in [4.69, 9.17) is 0 Å². The number of nitrogens with one attached hydrogen (secondary N) is 1. The van der Waals surface area contributed by atoms with Crippen LogP contribution in [0.4, 0.5) is 0 Å². The van der Waals surface area contributed by atoms with Crippen molar-refractivity contribution in [1.29, 1.82) is 0 Å². The van der Waals surface area contributed by atoms with E-state index in [0.29, 0.717) is 12.5 Å². The number of aryl methyl sites for hydroxylation is 1. The molecule has 1 saturated carbocycles. The van der Waals surface area contributed by atoms with E-state index < -0.39 is 0 Å². The van der Waals surface area contributed by atoms with E-state index in [2.05, 4.69) is 17.4 Å². The first-order chi connectivity index (χ1) is 10.3. The Bertz CT molecular complexity index is 499. The molecule has 1 aromatic carbocycles. The van der Waals surface area contributed by atoms with E-state index in [0.717, 1.165) is 30.6 Å². The third-order valence-electron chi connectivity index (χ3n) is 4.66. The summed E-state index contributed by atoms with van der Waals surface area (Å²) in [7, 11) is 0. The average Bonchev–Trinajstić information content (AvgIpc) is 3.06. The summed E-state index contributed by atoms with van der Waals surface area (Å²) in [4.78, 5) is 12.4. The standard InChI is InChI=1S/C17H23NO2S/c19-15(13-6-1-2-7-13)11-18-17(20)16-14-8-4-3-5-12(14)9-10-21-16/h3-5,8,13,15-16,19H,1-2,6-7,9-11H2,(H,18,20). The number of rotatable bonds is 4. The maximum atomic E-state index is 12.4. The lowest BCUT2D eigenvalue weighted by atomic mass is 10.00. The highest BCUT2D eigenvalue weighted by molar-refractivity contribution is 8.00. The van der Waals surface area contributed by atoms with Gasteiger partial charge in [-0.1, -0.05) is 37.1 Å². The Kier molecular flexibility index (Phi) is 4.86. The van der Waals surface area contributed by atoms with Gasteiger partial charge in [0.2, 0.25) is 5.91 Å². The van der Waals surface area contributed by atoms with E-state index in [-0.39, 0.29) is 17.3 Å². The zero-order valence-electron chi connectivity index (χ0n) is 12.3. The van der Waals surface area contributed by atoms with Gasteiger partial charge in [0.15, 0.2) is 0 Å². The van der Waals surface area contributed by atoms with Gasteiger partial charge in [0.1, 0.15) is 5.25 Å². The molecule has 1 heterocycles. The Morgan fingerprint density at radius 1 is 1.33 bits per heavy atom. The first-order valence-corrected chi connectivity index (χ1v) is 8.96. The van der Waals surface area contributed by atoms with Crippen LogP contribution in [0.1, 0.15) is 42.1 Å². The van der Waals surface area contributed by atoms with Crippen molar-refractivity contribution in [2.45, 2.75) is 43.5 Å². The van der Waals surface area contributed by atoms with Crippen molar-refractivity contribution in [2.24, 2.45) is 5.92 Å². The number of amides is 1. The van der Waals surface area contributed by atoms with Crippen molar-refractivity contribution in [3.05, 3.63) is 35.4 Å². The minimum Gasteiger partial charge on any atom is -0.391 e. The maximum Gasteiger partial charge on any atom is 0.237 e. The van der Waals surface area contributed by atoms with E-state index >= 15 is 0 Å². The van der Waals surface area contributed by atoms with Gasteiger partial charge in [-0.15, -0.1) is 11.8 Å². The molecule has 21 heavy (non-hydrogen) atoms. The van der Waals surface area contributed by atoms with Gasteiger partial charge in [-0.2, -0.15) is 0 Å². The molecule has 3 nitrogen and oxygen atoms in total. The highest BCUT2D eigenvalue weighted by Gasteiger charge is 2.28. The SMILES string of the molecule is O=C(NCC(O)C1CCCC1)C1SCCc2ccccc21. The molecular weight excluding hydrogens is 282 g/mol. The molecule has 0 aromatic heterocycles. The van der Waals surface area contributed by atoms with Crippen molar-refractivity contribution in [2.75, 3.05) is 12.3 Å². The van der Waals surface area contributed by atoms with Crippen LogP contribution in [0.5, 0.6) is 0 Å². The van der Waals surface area contributed by atoms with E-state index in [1.165, 1.54) is 18.4 Å². The predicted octanol–water partition coefficient (Wildman–Crippen LogP) is 2.68. The lowest BCUT2D eigenvalue weighted by Gasteiger charge is -2.25. The molecule has 1 aliphatic carbocycles. The van der Waals surface area contributed by atoms with Crippen LogP contribution in [-0.2, 0) is 11.2 Å². The highest BCUT2D eigenvalue weighted by Crippen LogP contribution is 2.36. The summed E-state index contributed by atoms with van der Waals surface area (Å²) >= 11 is 1.70. The van der Waals surface area contributed by atoms with Gasteiger partial charge in [-0.05, 0) is 42.1 Å². The fraction of sp³-hybridized carbons (Fsp3) is 0.588. The Morgan fingerprint density at radius 2 is 2.10 bits per heavy atom. The van der Waals surface area contributed by atoms with Crippen LogP contribution in [0, 0.1) is 5.92 Å². The lowest BCUT2D eigenvalue weighted by molar-refractivity contribution is -0.121. The molecule has 2 atom stereocenters. The third kappa shape index (κ3) is 3.43. The second kappa shape index (κ2) is 6.84. The number of aliphatic hydroxyl groups excluding tert-OH is 1. The van der Waals surface area contributed by atoms with Crippen LogP contribution >= 0.6 is 11.8 Å². The molecule has 4 heteroatoms. The number of fused-ring (bicyclic) bond motifs is 1. The minimum atomic E-state index is -0.389. The molecular formula is C17H23NO2S. The molecule has 0 spiro atoms. The Labute approximate surface area is 130 Å². The molecule has 114 valence electrons. The first kappa shape index (κ1) is 14.9. The van der Waals surface area contributed by atoms with Gasteiger partial charge in [-0.25, -0.2) is 0 Å². The second-order valence-electron chi connectivity index (χ2n) is 6.06. The van der Waals surface area contributed by atoms with Crippen molar-refractivity contribution >= 4 is 17.7 Å². The molecule has 2 N–H and O–H groups in total. The third-order valence-corrected chi connectivity index (χ3v) is 5.90. The monoisotopic (exact) mass is 305 g/mol. The zero-order valence-corrected chi connectivity index (χ0v) is 13.1. The molecule has 3 rings (SSSR count). The van der Waals surface area contributed by atoms with Gasteiger partial charge in [0.25, 0.3) is 0 Å². The summed E-state index contributed by atoms with van der Waals surface area (Å²) < 4.78 is 0. The topological polar surface area (TPSA) is 49.3 Å². The van der Waals surface area contributed by atoms with Crippen LogP contribution < -0.4 is 5.32 Å². The largest absolute Gasteiger partial charge is 0.391 e. The van der Waals surface area contributed by atoms with Gasteiger partial charge in [-0.3, -0.25) is 4.79 Å². The minimum absolute atomic E-state index is 0.0456. The molecule has 1 aromatic rings. The fourth-order valence-electron chi connectivity index (χ4n) is 3.42. The number of carbonyl (C=O) groups is 1. The highest BCUT2D eigenvalue weighted by atomic mass is 32.2. The molecule has 1 aliphatic heterocycles. The summed E-state index contributed by atoms with van der Waals surface area (Å²) in [5, 5.41) is 13.0. The van der Waals surface area contributed by atoms with Gasteiger partial charge in [0.05, 0.1) is 6.10 Å². The van der Waals surface area contributed by atoms with E-state index in [9.17, 15) is 9.90 Å². The maximum absolute atomic E-state index is 12.4. The number of hydrogen-bond donors (Lipinski definition) is 2. The van der Waals surface area contributed by atoms with Gasteiger partial charge < -0.3 is 10.4 Å². The Balaban J connectivity index is 1.58. The predicted molar refractivity (Wildman–Crippen MR) is 86.3 cm³/mol. The average molecular weight is 305 g/mol. The summed E-state index contributed by atoms with van der Waals surface area (Å²) in [6, 6.07) is 8.20. The Hall–Kier alpha value is -1.00. The summed E-state index contributed by atoms with van der Waals surface area (Å²) in [5.41, 5.74) is 2.43. The smallest absolute Gasteiger partial charge is 0.237 e. The molecule has 1 fully saturated rings. The van der Waals surface area contributed by atoms with Gasteiger partial charge >= 0.3 is 0 Å².